The van der Waals surface area contributed by atoms with Crippen LogP contribution in [0.1, 0.15) is 37.5 Å². The third kappa shape index (κ3) is 3.38. The molecule has 0 amide bonds. The Hall–Kier alpha value is -3.85. The predicted molar refractivity (Wildman–Crippen MR) is 119 cm³/mol. The molecule has 0 saturated heterocycles. The molecule has 0 unspecified atom stereocenters. The summed E-state index contributed by atoms with van der Waals surface area (Å²) in [5, 5.41) is 3.29. The lowest BCUT2D eigenvalue weighted by Gasteiger charge is -2.35. The minimum Gasteiger partial charge on any atom is -0.438 e. The number of nitrogens with zero attached hydrogens (tertiary/aromatic N) is 3. The first-order valence-corrected chi connectivity index (χ1v) is 10.2. The molecule has 1 atom stereocenters. The van der Waals surface area contributed by atoms with Crippen LogP contribution in [0.4, 0.5) is 0 Å². The van der Waals surface area contributed by atoms with Crippen LogP contribution in [0.2, 0.25) is 0 Å². The first-order chi connectivity index (χ1) is 14.8. The van der Waals surface area contributed by atoms with E-state index >= 15 is 0 Å². The van der Waals surface area contributed by atoms with E-state index in [1.54, 1.807) is 18.6 Å². The minimum absolute atomic E-state index is 0.0947. The van der Waals surface area contributed by atoms with Crippen molar-refractivity contribution in [2.24, 2.45) is 11.1 Å². The van der Waals surface area contributed by atoms with Gasteiger partial charge in [-0.3, -0.25) is 0 Å². The van der Waals surface area contributed by atoms with Crippen molar-refractivity contribution < 1.29 is 4.74 Å². The lowest BCUT2D eigenvalue weighted by Crippen LogP contribution is -2.34. The molecule has 4 heterocycles. The monoisotopic (exact) mass is 409 g/mol. The van der Waals surface area contributed by atoms with E-state index in [9.17, 15) is 0 Å². The Kier molecular flexibility index (Phi) is 4.23. The van der Waals surface area contributed by atoms with Crippen molar-refractivity contribution in [1.29, 1.82) is 0 Å². The fourth-order valence-corrected chi connectivity index (χ4v) is 3.98. The first kappa shape index (κ1) is 19.1. The predicted octanol–water partition coefficient (Wildman–Crippen LogP) is 3.73. The van der Waals surface area contributed by atoms with Crippen molar-refractivity contribution in [2.75, 3.05) is 6.54 Å². The number of nitrogens with one attached hydrogen (secondary N) is 1. The van der Waals surface area contributed by atoms with E-state index in [2.05, 4.69) is 71.1 Å². The van der Waals surface area contributed by atoms with E-state index in [1.165, 1.54) is 6.33 Å². The Morgan fingerprint density at radius 1 is 1.06 bits per heavy atom. The van der Waals surface area contributed by atoms with Crippen molar-refractivity contribution in [1.82, 2.24) is 20.3 Å². The van der Waals surface area contributed by atoms with Gasteiger partial charge in [-0.1, -0.05) is 17.9 Å². The van der Waals surface area contributed by atoms with Gasteiger partial charge in [0, 0.05) is 52.8 Å². The molecule has 6 heteroatoms. The maximum atomic E-state index is 6.20. The SMILES string of the molecule is CC(C)(C)C#Cc1cnc2c(c1)[C@]1(C=C(N)NC1)c1cc(-c3cncnc3)ccc1O2. The molecule has 3 N–H and O–H groups in total. The molecule has 0 saturated carbocycles. The Morgan fingerprint density at radius 3 is 2.58 bits per heavy atom. The lowest BCUT2D eigenvalue weighted by atomic mass is 9.73. The number of ether oxygens (including phenoxy) is 1. The van der Waals surface area contributed by atoms with Crippen molar-refractivity contribution in [3.63, 3.8) is 0 Å². The molecule has 3 aromatic rings. The number of fused-ring (bicyclic) bond motifs is 4. The van der Waals surface area contributed by atoms with Gasteiger partial charge in [-0.2, -0.15) is 0 Å². The average Bonchev–Trinajstić information content (AvgIpc) is 3.15. The summed E-state index contributed by atoms with van der Waals surface area (Å²) in [6, 6.07) is 8.18. The van der Waals surface area contributed by atoms with Crippen molar-refractivity contribution in [3.8, 4) is 34.6 Å². The fraction of sp³-hybridized carbons (Fsp3) is 0.240. The smallest absolute Gasteiger partial charge is 0.223 e. The van der Waals surface area contributed by atoms with Crippen LogP contribution >= 0.6 is 0 Å². The standard InChI is InChI=1S/C25H23N5O/c1-24(2,3)7-6-16-8-20-23(29-11-16)31-21-5-4-17(18-12-27-15-28-13-18)9-19(21)25(20)10-22(26)30-14-25/h4-5,8-13,15,30H,14,26H2,1-3H3/t25-/m0/s1. The summed E-state index contributed by atoms with van der Waals surface area (Å²) in [5.74, 6) is 8.52. The number of pyridine rings is 1. The van der Waals surface area contributed by atoms with Crippen LogP contribution in [0.15, 0.2) is 61.1 Å². The number of rotatable bonds is 1. The highest BCUT2D eigenvalue weighted by Gasteiger charge is 2.44. The average molecular weight is 409 g/mol. The van der Waals surface area contributed by atoms with Gasteiger partial charge in [0.1, 0.15) is 12.1 Å². The molecule has 2 aliphatic heterocycles. The molecule has 1 aromatic carbocycles. The second-order valence-electron chi connectivity index (χ2n) is 8.94. The molecule has 0 bridgehead atoms. The van der Waals surface area contributed by atoms with Crippen LogP contribution in [0, 0.1) is 17.3 Å². The third-order valence-electron chi connectivity index (χ3n) is 5.45. The zero-order chi connectivity index (χ0) is 21.6. The molecule has 0 aliphatic carbocycles. The molecule has 2 aromatic heterocycles. The van der Waals surface area contributed by atoms with E-state index in [4.69, 9.17) is 10.5 Å². The zero-order valence-corrected chi connectivity index (χ0v) is 17.7. The number of hydrogen-bond acceptors (Lipinski definition) is 6. The molecule has 0 fully saturated rings. The Bertz CT molecular complexity index is 1260. The van der Waals surface area contributed by atoms with E-state index in [-0.39, 0.29) is 5.41 Å². The summed E-state index contributed by atoms with van der Waals surface area (Å²) >= 11 is 0. The zero-order valence-electron chi connectivity index (χ0n) is 17.7. The minimum atomic E-state index is -0.495. The van der Waals surface area contributed by atoms with Gasteiger partial charge < -0.3 is 15.8 Å². The van der Waals surface area contributed by atoms with Gasteiger partial charge in [0.25, 0.3) is 0 Å². The molecular weight excluding hydrogens is 386 g/mol. The molecule has 5 rings (SSSR count). The van der Waals surface area contributed by atoms with E-state index in [0.717, 1.165) is 33.6 Å². The maximum absolute atomic E-state index is 6.20. The van der Waals surface area contributed by atoms with Gasteiger partial charge in [-0.25, -0.2) is 15.0 Å². The van der Waals surface area contributed by atoms with Crippen molar-refractivity contribution in [2.45, 2.75) is 26.2 Å². The summed E-state index contributed by atoms with van der Waals surface area (Å²) < 4.78 is 6.20. The molecule has 0 radical (unpaired) electrons. The molecule has 154 valence electrons. The summed E-state index contributed by atoms with van der Waals surface area (Å²) in [7, 11) is 0. The Labute approximate surface area is 181 Å². The largest absolute Gasteiger partial charge is 0.438 e. The van der Waals surface area contributed by atoms with Crippen LogP contribution in [0.25, 0.3) is 11.1 Å². The molecular formula is C25H23N5O. The highest BCUT2D eigenvalue weighted by molar-refractivity contribution is 5.70. The Morgan fingerprint density at radius 2 is 1.87 bits per heavy atom. The van der Waals surface area contributed by atoms with Crippen molar-refractivity contribution in [3.05, 3.63) is 77.8 Å². The number of benzene rings is 1. The van der Waals surface area contributed by atoms with Crippen LogP contribution in [0.5, 0.6) is 11.6 Å². The second-order valence-corrected chi connectivity index (χ2v) is 8.94. The van der Waals surface area contributed by atoms with Gasteiger partial charge in [0.15, 0.2) is 0 Å². The number of nitrogens with two attached hydrogens (primary N) is 1. The van der Waals surface area contributed by atoms with Crippen LogP contribution in [0.3, 0.4) is 0 Å². The topological polar surface area (TPSA) is 86.0 Å². The summed E-state index contributed by atoms with van der Waals surface area (Å²) in [4.78, 5) is 12.9. The first-order valence-electron chi connectivity index (χ1n) is 10.2. The maximum Gasteiger partial charge on any atom is 0.223 e. The summed E-state index contributed by atoms with van der Waals surface area (Å²) in [6.45, 7) is 6.89. The lowest BCUT2D eigenvalue weighted by molar-refractivity contribution is 0.407. The van der Waals surface area contributed by atoms with Gasteiger partial charge in [-0.15, -0.1) is 0 Å². The molecule has 2 aliphatic rings. The summed E-state index contributed by atoms with van der Waals surface area (Å²) in [6.07, 6.45) is 8.96. The van der Waals surface area contributed by atoms with E-state index in [0.29, 0.717) is 18.2 Å². The van der Waals surface area contributed by atoms with Crippen molar-refractivity contribution >= 4 is 0 Å². The molecule has 1 spiro atoms. The van der Waals surface area contributed by atoms with E-state index < -0.39 is 5.41 Å². The molecule has 6 nitrogen and oxygen atoms in total. The third-order valence-corrected chi connectivity index (χ3v) is 5.45. The molecule has 31 heavy (non-hydrogen) atoms. The second kappa shape index (κ2) is 6.85. The van der Waals surface area contributed by atoms with Crippen LogP contribution < -0.4 is 15.8 Å². The van der Waals surface area contributed by atoms with Gasteiger partial charge in [0.05, 0.1) is 11.2 Å². The van der Waals surface area contributed by atoms with Crippen LogP contribution in [-0.2, 0) is 5.41 Å². The van der Waals surface area contributed by atoms with Crippen LogP contribution in [-0.4, -0.2) is 21.5 Å². The number of hydrogen-bond donors (Lipinski definition) is 2. The summed E-state index contributed by atoms with van der Waals surface area (Å²) in [5.41, 5.74) is 10.4. The highest BCUT2D eigenvalue weighted by Crippen LogP contribution is 2.50. The highest BCUT2D eigenvalue weighted by atomic mass is 16.5. The quantitative estimate of drug-likeness (QED) is 0.596. The van der Waals surface area contributed by atoms with E-state index in [1.807, 2.05) is 12.1 Å². The Balaban J connectivity index is 1.69. The van der Waals surface area contributed by atoms with Gasteiger partial charge in [-0.05, 0) is 50.6 Å². The fourth-order valence-electron chi connectivity index (χ4n) is 3.98. The van der Waals surface area contributed by atoms with Gasteiger partial charge >= 0.3 is 0 Å². The normalized spacial score (nSPS) is 18.7. The number of aromatic nitrogens is 3. The van der Waals surface area contributed by atoms with Gasteiger partial charge in [0.2, 0.25) is 5.88 Å².